The average Bonchev–Trinajstić information content (AvgIpc) is 2.76. The quantitative estimate of drug-likeness (QED) is 0.853. The number of thiophene rings is 1. The van der Waals surface area contributed by atoms with Crippen LogP contribution in [0.3, 0.4) is 0 Å². The Bertz CT molecular complexity index is 453. The predicted octanol–water partition coefficient (Wildman–Crippen LogP) is 2.82. The van der Waals surface area contributed by atoms with Gasteiger partial charge in [0, 0.05) is 10.9 Å². The highest BCUT2D eigenvalue weighted by atomic mass is 32.1. The number of rotatable bonds is 4. The van der Waals surface area contributed by atoms with Crippen molar-refractivity contribution in [1.29, 1.82) is 0 Å². The molecule has 2 aromatic heterocycles. The van der Waals surface area contributed by atoms with Crippen LogP contribution in [0.4, 0.5) is 17.3 Å². The maximum absolute atomic E-state index is 5.85. The zero-order chi connectivity index (χ0) is 11.4. The van der Waals surface area contributed by atoms with Crippen LogP contribution >= 0.6 is 11.3 Å². The molecule has 0 unspecified atom stereocenters. The van der Waals surface area contributed by atoms with Crippen LogP contribution in [0.5, 0.6) is 0 Å². The summed E-state index contributed by atoms with van der Waals surface area (Å²) in [5.41, 5.74) is 7.89. The molecular formula is C11H14N4S. The van der Waals surface area contributed by atoms with Gasteiger partial charge in [0.05, 0.1) is 5.69 Å². The van der Waals surface area contributed by atoms with Crippen LogP contribution in [0.15, 0.2) is 23.2 Å². The number of aromatic nitrogens is 2. The number of nitrogens with two attached hydrogens (primary N) is 1. The molecule has 0 aromatic carbocycles. The second-order valence-corrected chi connectivity index (χ2v) is 4.25. The first kappa shape index (κ1) is 10.9. The minimum absolute atomic E-state index is 0.564. The van der Waals surface area contributed by atoms with Crippen molar-refractivity contribution < 1.29 is 0 Å². The smallest absolute Gasteiger partial charge is 0.139 e. The van der Waals surface area contributed by atoms with E-state index in [0.29, 0.717) is 5.82 Å². The fraction of sp³-hybridized carbons (Fsp3) is 0.273. The first-order valence-electron chi connectivity index (χ1n) is 5.20. The molecule has 0 saturated heterocycles. The summed E-state index contributed by atoms with van der Waals surface area (Å²) in [6.45, 7) is 2.11. The molecule has 0 fully saturated rings. The van der Waals surface area contributed by atoms with Gasteiger partial charge in [-0.1, -0.05) is 13.3 Å². The average molecular weight is 234 g/mol. The summed E-state index contributed by atoms with van der Waals surface area (Å²) in [4.78, 5) is 8.25. The maximum atomic E-state index is 5.85. The molecule has 16 heavy (non-hydrogen) atoms. The molecule has 4 nitrogen and oxygen atoms in total. The van der Waals surface area contributed by atoms with Crippen LogP contribution < -0.4 is 11.1 Å². The van der Waals surface area contributed by atoms with E-state index >= 15 is 0 Å². The van der Waals surface area contributed by atoms with Crippen molar-refractivity contribution in [3.63, 3.8) is 0 Å². The zero-order valence-corrected chi connectivity index (χ0v) is 9.92. The Hall–Kier alpha value is -1.62. The standard InChI is InChI=1S/C11H14N4S/c1-2-3-9-10(12)13-7-14-11(9)15-8-4-5-16-6-8/h4-7H,2-3H2,1H3,(H3,12,13,14,15). The number of nitrogen functional groups attached to an aromatic ring is 1. The number of nitrogens with one attached hydrogen (secondary N) is 1. The molecule has 0 spiro atoms. The van der Waals surface area contributed by atoms with E-state index in [2.05, 4.69) is 22.2 Å². The molecule has 3 N–H and O–H groups in total. The van der Waals surface area contributed by atoms with Gasteiger partial charge >= 0.3 is 0 Å². The molecule has 0 radical (unpaired) electrons. The van der Waals surface area contributed by atoms with Gasteiger partial charge in [-0.05, 0) is 17.9 Å². The Morgan fingerprint density at radius 1 is 1.44 bits per heavy atom. The molecule has 0 aliphatic heterocycles. The molecule has 0 aliphatic carbocycles. The van der Waals surface area contributed by atoms with E-state index in [1.54, 1.807) is 11.3 Å². The third-order valence-corrected chi connectivity index (χ3v) is 2.95. The highest BCUT2D eigenvalue weighted by molar-refractivity contribution is 7.08. The van der Waals surface area contributed by atoms with Gasteiger partial charge in [-0.25, -0.2) is 9.97 Å². The first-order valence-corrected chi connectivity index (χ1v) is 6.14. The molecular weight excluding hydrogens is 220 g/mol. The lowest BCUT2D eigenvalue weighted by atomic mass is 10.1. The minimum atomic E-state index is 0.564. The topological polar surface area (TPSA) is 63.8 Å². The maximum Gasteiger partial charge on any atom is 0.139 e. The molecule has 2 aromatic rings. The summed E-state index contributed by atoms with van der Waals surface area (Å²) in [7, 11) is 0. The highest BCUT2D eigenvalue weighted by Gasteiger charge is 2.08. The van der Waals surface area contributed by atoms with Crippen LogP contribution in [0.1, 0.15) is 18.9 Å². The van der Waals surface area contributed by atoms with Gasteiger partial charge in [0.15, 0.2) is 0 Å². The summed E-state index contributed by atoms with van der Waals surface area (Å²) < 4.78 is 0. The van der Waals surface area contributed by atoms with Crippen LogP contribution in [-0.4, -0.2) is 9.97 Å². The lowest BCUT2D eigenvalue weighted by Gasteiger charge is -2.10. The SMILES string of the molecule is CCCc1c(N)ncnc1Nc1ccsc1. The van der Waals surface area contributed by atoms with Crippen molar-refractivity contribution >= 4 is 28.7 Å². The first-order chi connectivity index (χ1) is 7.81. The third-order valence-electron chi connectivity index (χ3n) is 2.26. The summed E-state index contributed by atoms with van der Waals surface area (Å²) >= 11 is 1.65. The van der Waals surface area contributed by atoms with E-state index in [-0.39, 0.29) is 0 Å². The molecule has 2 rings (SSSR count). The van der Waals surface area contributed by atoms with Crippen LogP contribution in [0, 0.1) is 0 Å². The Morgan fingerprint density at radius 2 is 2.31 bits per heavy atom. The van der Waals surface area contributed by atoms with E-state index in [1.165, 1.54) is 6.33 Å². The van der Waals surface area contributed by atoms with E-state index in [4.69, 9.17) is 5.73 Å². The van der Waals surface area contributed by atoms with E-state index in [0.717, 1.165) is 29.9 Å². The van der Waals surface area contributed by atoms with E-state index in [1.807, 2.05) is 16.8 Å². The van der Waals surface area contributed by atoms with Crippen molar-refractivity contribution in [2.24, 2.45) is 0 Å². The summed E-state index contributed by atoms with van der Waals surface area (Å²) in [5, 5.41) is 7.31. The second-order valence-electron chi connectivity index (χ2n) is 3.47. The van der Waals surface area contributed by atoms with Gasteiger partial charge < -0.3 is 11.1 Å². The molecule has 0 atom stereocenters. The summed E-state index contributed by atoms with van der Waals surface area (Å²) in [5.74, 6) is 1.38. The van der Waals surface area contributed by atoms with E-state index < -0.39 is 0 Å². The Balaban J connectivity index is 2.29. The molecule has 0 saturated carbocycles. The van der Waals surface area contributed by atoms with Gasteiger partial charge in [-0.2, -0.15) is 11.3 Å². The molecule has 84 valence electrons. The molecule has 5 heteroatoms. The predicted molar refractivity (Wildman–Crippen MR) is 68.0 cm³/mol. The number of nitrogens with zero attached hydrogens (tertiary/aromatic N) is 2. The van der Waals surface area contributed by atoms with Crippen molar-refractivity contribution in [1.82, 2.24) is 9.97 Å². The molecule has 2 heterocycles. The number of hydrogen-bond donors (Lipinski definition) is 2. The minimum Gasteiger partial charge on any atom is -0.383 e. The Morgan fingerprint density at radius 3 is 3.00 bits per heavy atom. The molecule has 0 bridgehead atoms. The summed E-state index contributed by atoms with van der Waals surface area (Å²) in [6, 6.07) is 2.01. The van der Waals surface area contributed by atoms with Crippen LogP contribution in [0.2, 0.25) is 0 Å². The van der Waals surface area contributed by atoms with Gasteiger partial charge in [-0.15, -0.1) is 0 Å². The van der Waals surface area contributed by atoms with Gasteiger partial charge in [-0.3, -0.25) is 0 Å². The summed E-state index contributed by atoms with van der Waals surface area (Å²) in [6.07, 6.45) is 3.40. The number of anilines is 3. The van der Waals surface area contributed by atoms with Crippen LogP contribution in [-0.2, 0) is 6.42 Å². The molecule has 0 amide bonds. The Labute approximate surface area is 98.6 Å². The fourth-order valence-electron chi connectivity index (χ4n) is 1.50. The largest absolute Gasteiger partial charge is 0.383 e. The number of hydrogen-bond acceptors (Lipinski definition) is 5. The van der Waals surface area contributed by atoms with Crippen molar-refractivity contribution in [3.05, 3.63) is 28.7 Å². The monoisotopic (exact) mass is 234 g/mol. The van der Waals surface area contributed by atoms with Gasteiger partial charge in [0.2, 0.25) is 0 Å². The third kappa shape index (κ3) is 2.30. The fourth-order valence-corrected chi connectivity index (χ4v) is 2.09. The van der Waals surface area contributed by atoms with E-state index in [9.17, 15) is 0 Å². The van der Waals surface area contributed by atoms with Crippen molar-refractivity contribution in [2.45, 2.75) is 19.8 Å². The molecule has 0 aliphatic rings. The van der Waals surface area contributed by atoms with Crippen molar-refractivity contribution in [3.8, 4) is 0 Å². The lowest BCUT2D eigenvalue weighted by molar-refractivity contribution is 0.908. The zero-order valence-electron chi connectivity index (χ0n) is 9.10. The Kier molecular flexibility index (Phi) is 3.36. The van der Waals surface area contributed by atoms with Crippen LogP contribution in [0.25, 0.3) is 0 Å². The van der Waals surface area contributed by atoms with Gasteiger partial charge in [0.1, 0.15) is 18.0 Å². The lowest BCUT2D eigenvalue weighted by Crippen LogP contribution is -2.04. The normalized spacial score (nSPS) is 10.3. The second kappa shape index (κ2) is 4.94. The van der Waals surface area contributed by atoms with Gasteiger partial charge in [0.25, 0.3) is 0 Å². The highest BCUT2D eigenvalue weighted by Crippen LogP contribution is 2.24. The van der Waals surface area contributed by atoms with Crippen molar-refractivity contribution in [2.75, 3.05) is 11.1 Å².